The Bertz CT molecular complexity index is 1140. The van der Waals surface area contributed by atoms with Gasteiger partial charge in [0.05, 0.1) is 11.6 Å². The van der Waals surface area contributed by atoms with E-state index in [2.05, 4.69) is 4.98 Å². The largest absolute Gasteiger partial charge is 0.507 e. The number of likely N-dealkylation sites (tertiary alicyclic amines) is 1. The molecule has 1 N–H and O–H groups in total. The number of Topliss-reactive ketones (excluding diaryl/α,β-unsaturated/α-hetero) is 1. The van der Waals surface area contributed by atoms with Gasteiger partial charge in [-0.15, -0.1) is 0 Å². The molecule has 2 heterocycles. The maximum Gasteiger partial charge on any atom is 0.295 e. The summed E-state index contributed by atoms with van der Waals surface area (Å²) in [6, 6.07) is 12.8. The Labute approximate surface area is 170 Å². The molecule has 150 valence electrons. The minimum Gasteiger partial charge on any atom is -0.507 e. The SMILES string of the molecule is O=C1C(=O)N(Cc2cccnc2)C(c2cccc(F)c2)/C1=C(/O)c1ccc(F)cc1. The second-order valence-electron chi connectivity index (χ2n) is 6.85. The summed E-state index contributed by atoms with van der Waals surface area (Å²) in [5.74, 6) is -3.21. The monoisotopic (exact) mass is 406 g/mol. The molecule has 1 fully saturated rings. The number of hydrogen-bond acceptors (Lipinski definition) is 4. The van der Waals surface area contributed by atoms with Gasteiger partial charge in [-0.3, -0.25) is 14.6 Å². The number of rotatable bonds is 4. The van der Waals surface area contributed by atoms with Gasteiger partial charge < -0.3 is 10.0 Å². The number of amides is 1. The van der Waals surface area contributed by atoms with Crippen LogP contribution >= 0.6 is 0 Å². The highest BCUT2D eigenvalue weighted by atomic mass is 19.1. The van der Waals surface area contributed by atoms with Crippen LogP contribution in [0.4, 0.5) is 8.78 Å². The number of nitrogens with zero attached hydrogens (tertiary/aromatic N) is 2. The van der Waals surface area contributed by atoms with Crippen LogP contribution in [0.2, 0.25) is 0 Å². The molecule has 0 bridgehead atoms. The predicted octanol–water partition coefficient (Wildman–Crippen LogP) is 3.98. The number of aromatic nitrogens is 1. The van der Waals surface area contributed by atoms with Gasteiger partial charge in [0, 0.05) is 24.5 Å². The zero-order valence-electron chi connectivity index (χ0n) is 15.6. The molecule has 1 aliphatic rings. The molecule has 5 nitrogen and oxygen atoms in total. The van der Waals surface area contributed by atoms with E-state index in [9.17, 15) is 23.5 Å². The number of pyridine rings is 1. The zero-order valence-corrected chi connectivity index (χ0v) is 15.6. The lowest BCUT2D eigenvalue weighted by atomic mass is 9.95. The van der Waals surface area contributed by atoms with Crippen LogP contribution in [0.1, 0.15) is 22.7 Å². The van der Waals surface area contributed by atoms with E-state index < -0.39 is 35.1 Å². The van der Waals surface area contributed by atoms with Crippen molar-refractivity contribution in [2.75, 3.05) is 0 Å². The third-order valence-corrected chi connectivity index (χ3v) is 4.90. The molecule has 4 rings (SSSR count). The van der Waals surface area contributed by atoms with Gasteiger partial charge in [-0.1, -0.05) is 18.2 Å². The number of hydrogen-bond donors (Lipinski definition) is 1. The molecule has 0 saturated carbocycles. The molecule has 1 atom stereocenters. The number of carbonyl (C=O) groups excluding carboxylic acids is 2. The number of aliphatic hydroxyl groups is 1. The molecule has 1 aliphatic heterocycles. The number of halogens is 2. The summed E-state index contributed by atoms with van der Waals surface area (Å²) < 4.78 is 27.2. The molecular weight excluding hydrogens is 390 g/mol. The van der Waals surface area contributed by atoms with E-state index in [4.69, 9.17) is 0 Å². The number of benzene rings is 2. The first-order valence-electron chi connectivity index (χ1n) is 9.14. The minimum atomic E-state index is -1.01. The quantitative estimate of drug-likeness (QED) is 0.404. The van der Waals surface area contributed by atoms with E-state index in [-0.39, 0.29) is 17.7 Å². The normalized spacial score (nSPS) is 18.1. The van der Waals surface area contributed by atoms with Gasteiger partial charge in [0.1, 0.15) is 17.4 Å². The number of ketones is 1. The van der Waals surface area contributed by atoms with Gasteiger partial charge in [-0.2, -0.15) is 0 Å². The van der Waals surface area contributed by atoms with E-state index in [0.717, 1.165) is 12.1 Å². The molecule has 0 spiro atoms. The van der Waals surface area contributed by atoms with Gasteiger partial charge >= 0.3 is 0 Å². The molecular formula is C23H16F2N2O3. The summed E-state index contributed by atoms with van der Waals surface area (Å²) >= 11 is 0. The Morgan fingerprint density at radius 2 is 1.77 bits per heavy atom. The summed E-state index contributed by atoms with van der Waals surface area (Å²) in [6.07, 6.45) is 3.14. The maximum atomic E-state index is 13.9. The van der Waals surface area contributed by atoms with Crippen LogP contribution in [0.5, 0.6) is 0 Å². The van der Waals surface area contributed by atoms with Crippen LogP contribution in [0, 0.1) is 11.6 Å². The Morgan fingerprint density at radius 3 is 2.43 bits per heavy atom. The zero-order chi connectivity index (χ0) is 21.3. The van der Waals surface area contributed by atoms with Gasteiger partial charge in [0.2, 0.25) is 0 Å². The van der Waals surface area contributed by atoms with E-state index in [1.165, 1.54) is 35.2 Å². The highest BCUT2D eigenvalue weighted by Crippen LogP contribution is 2.40. The fourth-order valence-electron chi connectivity index (χ4n) is 3.52. The van der Waals surface area contributed by atoms with Crippen LogP contribution in [0.15, 0.2) is 78.6 Å². The molecule has 2 aromatic carbocycles. The van der Waals surface area contributed by atoms with E-state index in [0.29, 0.717) is 11.1 Å². The van der Waals surface area contributed by atoms with Gasteiger partial charge in [0.15, 0.2) is 0 Å². The summed E-state index contributed by atoms with van der Waals surface area (Å²) in [5.41, 5.74) is 1.00. The van der Waals surface area contributed by atoms with Crippen molar-refractivity contribution in [2.45, 2.75) is 12.6 Å². The highest BCUT2D eigenvalue weighted by Gasteiger charge is 2.46. The second kappa shape index (κ2) is 7.87. The van der Waals surface area contributed by atoms with Crippen LogP contribution in [-0.2, 0) is 16.1 Å². The van der Waals surface area contributed by atoms with Crippen molar-refractivity contribution >= 4 is 17.4 Å². The smallest absolute Gasteiger partial charge is 0.295 e. The minimum absolute atomic E-state index is 0.0415. The predicted molar refractivity (Wildman–Crippen MR) is 105 cm³/mol. The second-order valence-corrected chi connectivity index (χ2v) is 6.85. The molecule has 0 aliphatic carbocycles. The van der Waals surface area contributed by atoms with Crippen molar-refractivity contribution < 1.29 is 23.5 Å². The van der Waals surface area contributed by atoms with Gasteiger partial charge in [0.25, 0.3) is 11.7 Å². The first-order chi connectivity index (χ1) is 14.5. The number of carbonyl (C=O) groups is 2. The molecule has 3 aromatic rings. The van der Waals surface area contributed by atoms with Crippen LogP contribution in [0.25, 0.3) is 5.76 Å². The van der Waals surface area contributed by atoms with Crippen molar-refractivity contribution in [3.8, 4) is 0 Å². The Morgan fingerprint density at radius 1 is 1.00 bits per heavy atom. The Balaban J connectivity index is 1.87. The average molecular weight is 406 g/mol. The lowest BCUT2D eigenvalue weighted by Crippen LogP contribution is -2.29. The summed E-state index contributed by atoms with van der Waals surface area (Å²) in [7, 11) is 0. The first kappa shape index (κ1) is 19.4. The van der Waals surface area contributed by atoms with Crippen molar-refractivity contribution in [3.63, 3.8) is 0 Å². The topological polar surface area (TPSA) is 70.5 Å². The standard InChI is InChI=1S/C23H16F2N2O3/c24-17-8-6-15(7-9-17)21(28)19-20(16-4-1-5-18(25)11-16)27(23(30)22(19)29)13-14-3-2-10-26-12-14/h1-12,20,28H,13H2/b21-19-. The average Bonchev–Trinajstić information content (AvgIpc) is 2.99. The number of aliphatic hydroxyl groups excluding tert-OH is 1. The Kier molecular flexibility index (Phi) is 5.10. The summed E-state index contributed by atoms with van der Waals surface area (Å²) in [5, 5.41) is 10.8. The highest BCUT2D eigenvalue weighted by molar-refractivity contribution is 6.46. The maximum absolute atomic E-state index is 13.9. The third kappa shape index (κ3) is 3.57. The lowest BCUT2D eigenvalue weighted by molar-refractivity contribution is -0.140. The molecule has 1 saturated heterocycles. The first-order valence-corrected chi connectivity index (χ1v) is 9.14. The van der Waals surface area contributed by atoms with E-state index >= 15 is 0 Å². The molecule has 0 radical (unpaired) electrons. The fraction of sp³-hybridized carbons (Fsp3) is 0.0870. The van der Waals surface area contributed by atoms with Crippen LogP contribution in [-0.4, -0.2) is 26.7 Å². The van der Waals surface area contributed by atoms with E-state index in [1.54, 1.807) is 30.6 Å². The molecule has 1 aromatic heterocycles. The molecule has 1 unspecified atom stereocenters. The van der Waals surface area contributed by atoms with Gasteiger partial charge in [-0.05, 0) is 53.6 Å². The van der Waals surface area contributed by atoms with Crippen molar-refractivity contribution in [3.05, 3.63) is 107 Å². The molecule has 1 amide bonds. The summed E-state index contributed by atoms with van der Waals surface area (Å²) in [6.45, 7) is 0.0415. The van der Waals surface area contributed by atoms with Crippen LogP contribution < -0.4 is 0 Å². The molecule has 7 heteroatoms. The Hall–Kier alpha value is -3.87. The van der Waals surface area contributed by atoms with Crippen molar-refractivity contribution in [2.24, 2.45) is 0 Å². The molecule has 30 heavy (non-hydrogen) atoms. The fourth-order valence-corrected chi connectivity index (χ4v) is 3.52. The van der Waals surface area contributed by atoms with Gasteiger partial charge in [-0.25, -0.2) is 8.78 Å². The third-order valence-electron chi connectivity index (χ3n) is 4.90. The van der Waals surface area contributed by atoms with Crippen LogP contribution in [0.3, 0.4) is 0 Å². The van der Waals surface area contributed by atoms with Crippen molar-refractivity contribution in [1.29, 1.82) is 0 Å². The lowest BCUT2D eigenvalue weighted by Gasteiger charge is -2.25. The van der Waals surface area contributed by atoms with Crippen molar-refractivity contribution in [1.82, 2.24) is 9.88 Å². The summed E-state index contributed by atoms with van der Waals surface area (Å²) in [4.78, 5) is 31.0. The van der Waals surface area contributed by atoms with E-state index in [1.807, 2.05) is 0 Å².